The van der Waals surface area contributed by atoms with Gasteiger partial charge in [-0.3, -0.25) is 0 Å². The molecule has 0 aliphatic carbocycles. The van der Waals surface area contributed by atoms with Crippen LogP contribution in [-0.4, -0.2) is 47.4 Å². The van der Waals surface area contributed by atoms with Gasteiger partial charge in [0.25, 0.3) is 0 Å². The zero-order valence-corrected chi connectivity index (χ0v) is 10.3. The van der Waals surface area contributed by atoms with E-state index in [1.54, 1.807) is 0 Å². The van der Waals surface area contributed by atoms with Gasteiger partial charge in [0.15, 0.2) is 0 Å². The lowest BCUT2D eigenvalue weighted by Crippen LogP contribution is -2.46. The molecule has 2 heterocycles. The van der Waals surface area contributed by atoms with Crippen molar-refractivity contribution in [1.29, 1.82) is 0 Å². The molecule has 94 valence electrons. The molecule has 2 rings (SSSR count). The Morgan fingerprint density at radius 2 is 1.88 bits per heavy atom. The Balaban J connectivity index is 2.23. The van der Waals surface area contributed by atoms with Gasteiger partial charge < -0.3 is 20.1 Å². The predicted octanol–water partition coefficient (Wildman–Crippen LogP) is 0.0760. The number of hydrogen-bond donors (Lipinski definition) is 1. The smallest absolute Gasteiger partial charge is 0.322 e. The normalized spacial score (nSPS) is 24.8. The predicted molar refractivity (Wildman–Crippen MR) is 63.0 cm³/mol. The van der Waals surface area contributed by atoms with Crippen LogP contribution in [0.4, 0.5) is 11.9 Å². The molecular weight excluding hydrogens is 222 g/mol. The van der Waals surface area contributed by atoms with E-state index in [9.17, 15) is 0 Å². The maximum Gasteiger partial charge on any atom is 0.322 e. The molecule has 7 nitrogen and oxygen atoms in total. The molecule has 1 aromatic heterocycles. The fourth-order valence-corrected chi connectivity index (χ4v) is 1.93. The molecule has 1 aromatic rings. The summed E-state index contributed by atoms with van der Waals surface area (Å²) in [7, 11) is 1.50. The topological polar surface area (TPSA) is 86.4 Å². The fraction of sp³-hybridized carbons (Fsp3) is 0.700. The van der Waals surface area contributed by atoms with E-state index in [0.29, 0.717) is 5.95 Å². The number of morpholine rings is 1. The average molecular weight is 239 g/mol. The van der Waals surface area contributed by atoms with E-state index >= 15 is 0 Å². The third kappa shape index (κ3) is 2.73. The lowest BCUT2D eigenvalue weighted by Gasteiger charge is -2.35. The Morgan fingerprint density at radius 3 is 2.47 bits per heavy atom. The molecule has 2 N–H and O–H groups in total. The second kappa shape index (κ2) is 4.70. The van der Waals surface area contributed by atoms with E-state index in [1.807, 2.05) is 18.7 Å². The van der Waals surface area contributed by atoms with E-state index in [1.165, 1.54) is 7.11 Å². The lowest BCUT2D eigenvalue weighted by molar-refractivity contribution is -0.00576. The highest BCUT2D eigenvalue weighted by Gasteiger charge is 2.24. The number of rotatable bonds is 2. The molecule has 1 fully saturated rings. The largest absolute Gasteiger partial charge is 0.467 e. The number of nitrogens with two attached hydrogens (primary N) is 1. The standard InChI is InChI=1S/C10H17N5O2/c1-6-4-15(5-7(2)17-6)9-12-8(11)13-10(14-9)16-3/h6-7H,4-5H2,1-3H3,(H2,11,12,13,14). The summed E-state index contributed by atoms with van der Waals surface area (Å²) < 4.78 is 10.6. The Labute approximate surface area is 100.0 Å². The number of methoxy groups -OCH3 is 1. The molecule has 2 atom stereocenters. The van der Waals surface area contributed by atoms with Crippen LogP contribution in [0.3, 0.4) is 0 Å². The molecular formula is C10H17N5O2. The Hall–Kier alpha value is -1.63. The quantitative estimate of drug-likeness (QED) is 0.781. The van der Waals surface area contributed by atoms with E-state index in [2.05, 4.69) is 15.0 Å². The zero-order chi connectivity index (χ0) is 12.4. The summed E-state index contributed by atoms with van der Waals surface area (Å²) in [5, 5.41) is 0. The van der Waals surface area contributed by atoms with Crippen LogP contribution in [0.1, 0.15) is 13.8 Å². The molecule has 0 amide bonds. The van der Waals surface area contributed by atoms with Crippen LogP contribution in [0.25, 0.3) is 0 Å². The SMILES string of the molecule is COc1nc(N)nc(N2CC(C)OC(C)C2)n1. The molecule has 0 radical (unpaired) electrons. The second-order valence-electron chi connectivity index (χ2n) is 4.14. The van der Waals surface area contributed by atoms with Crippen molar-refractivity contribution in [3.63, 3.8) is 0 Å². The summed E-state index contributed by atoms with van der Waals surface area (Å²) >= 11 is 0. The number of hydrogen-bond acceptors (Lipinski definition) is 7. The molecule has 17 heavy (non-hydrogen) atoms. The molecule has 0 bridgehead atoms. The third-order valence-corrected chi connectivity index (χ3v) is 2.51. The highest BCUT2D eigenvalue weighted by molar-refractivity contribution is 5.36. The second-order valence-corrected chi connectivity index (χ2v) is 4.14. The Kier molecular flexibility index (Phi) is 3.28. The van der Waals surface area contributed by atoms with Gasteiger partial charge in [-0.05, 0) is 13.8 Å². The molecule has 2 unspecified atom stereocenters. The first-order valence-electron chi connectivity index (χ1n) is 5.54. The first-order chi connectivity index (χ1) is 8.08. The van der Waals surface area contributed by atoms with Gasteiger partial charge in [0, 0.05) is 13.1 Å². The average Bonchev–Trinajstić information content (AvgIpc) is 2.26. The minimum Gasteiger partial charge on any atom is -0.467 e. The van der Waals surface area contributed by atoms with Crippen LogP contribution in [-0.2, 0) is 4.74 Å². The number of nitrogen functional groups attached to an aromatic ring is 1. The van der Waals surface area contributed by atoms with E-state index in [-0.39, 0.29) is 24.2 Å². The van der Waals surface area contributed by atoms with Gasteiger partial charge in [-0.25, -0.2) is 0 Å². The van der Waals surface area contributed by atoms with Crippen molar-refractivity contribution >= 4 is 11.9 Å². The van der Waals surface area contributed by atoms with Crippen molar-refractivity contribution in [1.82, 2.24) is 15.0 Å². The van der Waals surface area contributed by atoms with Crippen molar-refractivity contribution in [3.05, 3.63) is 0 Å². The van der Waals surface area contributed by atoms with Crippen molar-refractivity contribution < 1.29 is 9.47 Å². The van der Waals surface area contributed by atoms with Gasteiger partial charge in [0.1, 0.15) is 0 Å². The van der Waals surface area contributed by atoms with Crippen LogP contribution in [0.15, 0.2) is 0 Å². The Bertz CT molecular complexity index is 390. The Morgan fingerprint density at radius 1 is 1.24 bits per heavy atom. The minimum absolute atomic E-state index is 0.141. The highest BCUT2D eigenvalue weighted by Crippen LogP contribution is 2.18. The fourth-order valence-electron chi connectivity index (χ4n) is 1.93. The third-order valence-electron chi connectivity index (χ3n) is 2.51. The summed E-state index contributed by atoms with van der Waals surface area (Å²) in [5.74, 6) is 0.704. The molecule has 0 saturated carbocycles. The van der Waals surface area contributed by atoms with Gasteiger partial charge in [-0.2, -0.15) is 15.0 Å². The van der Waals surface area contributed by atoms with Gasteiger partial charge in [-0.15, -0.1) is 0 Å². The highest BCUT2D eigenvalue weighted by atomic mass is 16.5. The molecule has 7 heteroatoms. The van der Waals surface area contributed by atoms with E-state index in [0.717, 1.165) is 13.1 Å². The van der Waals surface area contributed by atoms with E-state index in [4.69, 9.17) is 15.2 Å². The van der Waals surface area contributed by atoms with Crippen LogP contribution in [0, 0.1) is 0 Å². The number of anilines is 2. The van der Waals surface area contributed by atoms with Crippen LogP contribution in [0.5, 0.6) is 6.01 Å². The number of aromatic nitrogens is 3. The zero-order valence-electron chi connectivity index (χ0n) is 10.3. The van der Waals surface area contributed by atoms with Crippen molar-refractivity contribution in [2.24, 2.45) is 0 Å². The summed E-state index contributed by atoms with van der Waals surface area (Å²) in [6, 6.07) is 0.235. The summed E-state index contributed by atoms with van der Waals surface area (Å²) in [4.78, 5) is 14.2. The molecule has 0 aromatic carbocycles. The molecule has 1 aliphatic heterocycles. The van der Waals surface area contributed by atoms with Crippen molar-refractivity contribution in [2.45, 2.75) is 26.1 Å². The monoisotopic (exact) mass is 239 g/mol. The number of ether oxygens (including phenoxy) is 2. The van der Waals surface area contributed by atoms with Crippen LogP contribution < -0.4 is 15.4 Å². The van der Waals surface area contributed by atoms with Gasteiger partial charge in [-0.1, -0.05) is 0 Å². The lowest BCUT2D eigenvalue weighted by atomic mass is 10.2. The first-order valence-corrected chi connectivity index (χ1v) is 5.54. The van der Waals surface area contributed by atoms with Crippen LogP contribution in [0.2, 0.25) is 0 Å². The van der Waals surface area contributed by atoms with Crippen molar-refractivity contribution in [3.8, 4) is 6.01 Å². The summed E-state index contributed by atoms with van der Waals surface area (Å²) in [6.45, 7) is 5.50. The number of nitrogens with zero attached hydrogens (tertiary/aromatic N) is 4. The van der Waals surface area contributed by atoms with Gasteiger partial charge >= 0.3 is 6.01 Å². The van der Waals surface area contributed by atoms with E-state index < -0.39 is 0 Å². The molecule has 0 spiro atoms. The molecule has 1 saturated heterocycles. The first kappa shape index (κ1) is 11.8. The summed E-state index contributed by atoms with van der Waals surface area (Å²) in [6.07, 6.45) is 0.283. The maximum atomic E-state index is 5.65. The summed E-state index contributed by atoms with van der Waals surface area (Å²) in [5.41, 5.74) is 5.61. The van der Waals surface area contributed by atoms with Crippen molar-refractivity contribution in [2.75, 3.05) is 30.8 Å². The minimum atomic E-state index is 0.141. The van der Waals surface area contributed by atoms with Crippen LogP contribution >= 0.6 is 0 Å². The molecule has 1 aliphatic rings. The maximum absolute atomic E-state index is 5.65. The van der Waals surface area contributed by atoms with Gasteiger partial charge in [0.2, 0.25) is 11.9 Å². The van der Waals surface area contributed by atoms with Gasteiger partial charge in [0.05, 0.1) is 19.3 Å².